The molecule has 0 bridgehead atoms. The molecule has 0 aliphatic rings. The predicted octanol–water partition coefficient (Wildman–Crippen LogP) is 1.97. The molecule has 1 aromatic carbocycles. The summed E-state index contributed by atoms with van der Waals surface area (Å²) in [5, 5.41) is 17.2. The molecular formula is C19H15N7O2. The Morgan fingerprint density at radius 3 is 2.46 bits per heavy atom. The second kappa shape index (κ2) is 7.23. The summed E-state index contributed by atoms with van der Waals surface area (Å²) < 4.78 is 1.78. The van der Waals surface area contributed by atoms with Gasteiger partial charge in [0.2, 0.25) is 0 Å². The number of hydrogen-bond donors (Lipinski definition) is 2. The third-order valence-electron chi connectivity index (χ3n) is 4.07. The molecule has 0 spiro atoms. The molecule has 138 valence electrons. The lowest BCUT2D eigenvalue weighted by molar-refractivity contribution is 0.102. The minimum absolute atomic E-state index is 0.202. The van der Waals surface area contributed by atoms with Gasteiger partial charge in [0.15, 0.2) is 11.5 Å². The Morgan fingerprint density at radius 2 is 1.86 bits per heavy atom. The predicted molar refractivity (Wildman–Crippen MR) is 102 cm³/mol. The number of anilines is 1. The molecule has 28 heavy (non-hydrogen) atoms. The molecule has 4 rings (SSSR count). The van der Waals surface area contributed by atoms with Crippen molar-refractivity contribution in [2.24, 2.45) is 0 Å². The van der Waals surface area contributed by atoms with E-state index in [0.717, 1.165) is 11.4 Å². The second-order valence-electron chi connectivity index (χ2n) is 5.96. The molecule has 1 amide bonds. The van der Waals surface area contributed by atoms with Crippen LogP contribution in [0.15, 0.2) is 65.7 Å². The number of aromatic amines is 1. The zero-order valence-electron chi connectivity index (χ0n) is 14.8. The standard InChI is InChI=1S/C19H15N7O2/c1-12-20-10-11-26(12)17-8-6-16(23-24-17)19(28)21-14-4-2-13(3-5-14)15-7-9-18(27)25-22-15/h2-11H,1H3,(H,21,28)(H,25,27). The molecule has 2 N–H and O–H groups in total. The zero-order valence-corrected chi connectivity index (χ0v) is 14.8. The molecular weight excluding hydrogens is 358 g/mol. The summed E-state index contributed by atoms with van der Waals surface area (Å²) in [6.45, 7) is 1.86. The molecule has 0 atom stereocenters. The average Bonchev–Trinajstić information content (AvgIpc) is 3.15. The normalized spacial score (nSPS) is 10.6. The van der Waals surface area contributed by atoms with Crippen LogP contribution in [0.4, 0.5) is 5.69 Å². The quantitative estimate of drug-likeness (QED) is 0.565. The third-order valence-corrected chi connectivity index (χ3v) is 4.07. The van der Waals surface area contributed by atoms with Crippen molar-refractivity contribution in [1.82, 2.24) is 29.9 Å². The molecule has 0 aliphatic heterocycles. The SMILES string of the molecule is Cc1nccn1-c1ccc(C(=O)Nc2ccc(-c3ccc(=O)[nH]n3)cc2)nn1. The summed E-state index contributed by atoms with van der Waals surface area (Å²) in [6, 6.07) is 13.4. The van der Waals surface area contributed by atoms with Crippen LogP contribution < -0.4 is 10.9 Å². The van der Waals surface area contributed by atoms with Crippen molar-refractivity contribution in [1.29, 1.82) is 0 Å². The lowest BCUT2D eigenvalue weighted by Crippen LogP contribution is -2.15. The number of benzene rings is 1. The van der Waals surface area contributed by atoms with Gasteiger partial charge in [-0.1, -0.05) is 12.1 Å². The number of amides is 1. The first-order chi connectivity index (χ1) is 13.6. The van der Waals surface area contributed by atoms with Gasteiger partial charge < -0.3 is 5.32 Å². The maximum Gasteiger partial charge on any atom is 0.276 e. The molecule has 4 aromatic rings. The molecule has 9 nitrogen and oxygen atoms in total. The summed E-state index contributed by atoms with van der Waals surface area (Å²) in [6.07, 6.45) is 3.45. The number of aromatic nitrogens is 6. The summed E-state index contributed by atoms with van der Waals surface area (Å²) in [4.78, 5) is 27.6. The number of H-pyrrole nitrogens is 1. The van der Waals surface area contributed by atoms with Crippen LogP contribution in [0, 0.1) is 6.92 Å². The Morgan fingerprint density at radius 1 is 1.04 bits per heavy atom. The highest BCUT2D eigenvalue weighted by Gasteiger charge is 2.10. The fraction of sp³-hybridized carbons (Fsp3) is 0.0526. The van der Waals surface area contributed by atoms with Crippen LogP contribution in [-0.2, 0) is 0 Å². The number of rotatable bonds is 4. The maximum absolute atomic E-state index is 12.4. The monoisotopic (exact) mass is 373 g/mol. The zero-order chi connectivity index (χ0) is 19.5. The Balaban J connectivity index is 1.47. The van der Waals surface area contributed by atoms with Crippen molar-refractivity contribution in [3.63, 3.8) is 0 Å². The summed E-state index contributed by atoms with van der Waals surface area (Å²) >= 11 is 0. The van der Waals surface area contributed by atoms with Crippen molar-refractivity contribution >= 4 is 11.6 Å². The van der Waals surface area contributed by atoms with E-state index in [-0.39, 0.29) is 17.2 Å². The highest BCUT2D eigenvalue weighted by molar-refractivity contribution is 6.02. The van der Waals surface area contributed by atoms with Gasteiger partial charge in [-0.05, 0) is 37.3 Å². The van der Waals surface area contributed by atoms with Crippen molar-refractivity contribution in [3.8, 4) is 17.1 Å². The van der Waals surface area contributed by atoms with E-state index in [1.54, 1.807) is 59.4 Å². The van der Waals surface area contributed by atoms with Crippen molar-refractivity contribution < 1.29 is 4.79 Å². The van der Waals surface area contributed by atoms with Gasteiger partial charge in [0.1, 0.15) is 5.82 Å². The van der Waals surface area contributed by atoms with Crippen LogP contribution in [0.25, 0.3) is 17.1 Å². The van der Waals surface area contributed by atoms with E-state index >= 15 is 0 Å². The molecule has 3 aromatic heterocycles. The summed E-state index contributed by atoms with van der Waals surface area (Å²) in [5.74, 6) is 1.00. The van der Waals surface area contributed by atoms with Gasteiger partial charge in [-0.15, -0.1) is 10.2 Å². The van der Waals surface area contributed by atoms with Gasteiger partial charge in [-0.25, -0.2) is 10.1 Å². The smallest absolute Gasteiger partial charge is 0.276 e. The van der Waals surface area contributed by atoms with Crippen LogP contribution in [-0.4, -0.2) is 35.9 Å². The first-order valence-corrected chi connectivity index (χ1v) is 8.42. The molecule has 0 aliphatic carbocycles. The van der Waals surface area contributed by atoms with Crippen molar-refractivity contribution in [2.75, 3.05) is 5.32 Å². The molecule has 3 heterocycles. The van der Waals surface area contributed by atoms with Crippen LogP contribution >= 0.6 is 0 Å². The lowest BCUT2D eigenvalue weighted by atomic mass is 10.1. The molecule has 0 fully saturated rings. The topological polar surface area (TPSA) is 118 Å². The largest absolute Gasteiger partial charge is 0.321 e. The minimum Gasteiger partial charge on any atom is -0.321 e. The van der Waals surface area contributed by atoms with E-state index in [0.29, 0.717) is 17.2 Å². The number of carbonyl (C=O) groups excluding carboxylic acids is 1. The highest BCUT2D eigenvalue weighted by Crippen LogP contribution is 2.18. The maximum atomic E-state index is 12.4. The average molecular weight is 373 g/mol. The van der Waals surface area contributed by atoms with E-state index in [9.17, 15) is 9.59 Å². The number of nitrogens with zero attached hydrogens (tertiary/aromatic N) is 5. The first kappa shape index (κ1) is 17.3. The van der Waals surface area contributed by atoms with Crippen molar-refractivity contribution in [2.45, 2.75) is 6.92 Å². The van der Waals surface area contributed by atoms with Crippen LogP contribution in [0.2, 0.25) is 0 Å². The second-order valence-corrected chi connectivity index (χ2v) is 5.96. The van der Waals surface area contributed by atoms with Crippen LogP contribution in [0.5, 0.6) is 0 Å². The number of imidazole rings is 1. The molecule has 9 heteroatoms. The number of aryl methyl sites for hydroxylation is 1. The Hall–Kier alpha value is -4.14. The Labute approximate surface area is 159 Å². The molecule has 0 unspecified atom stereocenters. The number of hydrogen-bond acceptors (Lipinski definition) is 6. The van der Waals surface area contributed by atoms with E-state index in [1.807, 2.05) is 6.92 Å². The third kappa shape index (κ3) is 3.54. The Bertz CT molecular complexity index is 1160. The molecule has 0 saturated heterocycles. The molecule has 0 radical (unpaired) electrons. The number of carbonyl (C=O) groups is 1. The van der Waals surface area contributed by atoms with Gasteiger partial charge in [0, 0.05) is 29.7 Å². The van der Waals surface area contributed by atoms with E-state index in [2.05, 4.69) is 30.7 Å². The molecule has 0 saturated carbocycles. The van der Waals surface area contributed by atoms with Gasteiger partial charge >= 0.3 is 0 Å². The van der Waals surface area contributed by atoms with Crippen LogP contribution in [0.1, 0.15) is 16.3 Å². The fourth-order valence-electron chi connectivity index (χ4n) is 2.62. The number of nitrogens with one attached hydrogen (secondary N) is 2. The highest BCUT2D eigenvalue weighted by atomic mass is 16.2. The van der Waals surface area contributed by atoms with Gasteiger partial charge in [-0.2, -0.15) is 5.10 Å². The van der Waals surface area contributed by atoms with Crippen LogP contribution in [0.3, 0.4) is 0 Å². The van der Waals surface area contributed by atoms with E-state index < -0.39 is 0 Å². The van der Waals surface area contributed by atoms with Gasteiger partial charge in [-0.3, -0.25) is 14.2 Å². The minimum atomic E-state index is -0.365. The summed E-state index contributed by atoms with van der Waals surface area (Å²) in [7, 11) is 0. The van der Waals surface area contributed by atoms with Gasteiger partial charge in [0.25, 0.3) is 11.5 Å². The van der Waals surface area contributed by atoms with Crippen molar-refractivity contribution in [3.05, 3.63) is 82.8 Å². The van der Waals surface area contributed by atoms with E-state index in [1.165, 1.54) is 6.07 Å². The van der Waals surface area contributed by atoms with E-state index in [4.69, 9.17) is 0 Å². The lowest BCUT2D eigenvalue weighted by Gasteiger charge is -2.07. The Kier molecular flexibility index (Phi) is 4.47. The first-order valence-electron chi connectivity index (χ1n) is 8.42. The summed E-state index contributed by atoms with van der Waals surface area (Å²) in [5.41, 5.74) is 1.99. The fourth-order valence-corrected chi connectivity index (χ4v) is 2.62. The van der Waals surface area contributed by atoms with Gasteiger partial charge in [0.05, 0.1) is 5.69 Å².